The van der Waals surface area contributed by atoms with Gasteiger partial charge in [-0.25, -0.2) is 15.4 Å². The zero-order valence-corrected chi connectivity index (χ0v) is 11.7. The number of aliphatic hydroxyl groups is 5. The summed E-state index contributed by atoms with van der Waals surface area (Å²) in [5, 5.41) is 49.6. The second-order valence-electron chi connectivity index (χ2n) is 3.84. The standard InChI is InChI=1S/C7H16N6O8S/c14-1-3-9-4(11-6(15)16)10-5(12-7(17)18)13(3)8-2-22(19,20)21/h3,6-8,14-18H,1-2H2,(H,19,20,21)(H2,9,10,11,12). The van der Waals surface area contributed by atoms with Crippen LogP contribution >= 0.6 is 0 Å². The molecule has 0 radical (unpaired) electrons. The second-order valence-corrected chi connectivity index (χ2v) is 5.29. The number of hydrazine groups is 1. The van der Waals surface area contributed by atoms with Crippen LogP contribution in [0.2, 0.25) is 0 Å². The van der Waals surface area contributed by atoms with Gasteiger partial charge in [-0.2, -0.15) is 13.4 Å². The van der Waals surface area contributed by atoms with Crippen molar-refractivity contribution < 1.29 is 38.5 Å². The van der Waals surface area contributed by atoms with E-state index in [1.54, 1.807) is 0 Å². The molecule has 1 aliphatic rings. The minimum Gasteiger partial charge on any atom is -0.392 e. The van der Waals surface area contributed by atoms with Gasteiger partial charge >= 0.3 is 0 Å². The highest BCUT2D eigenvalue weighted by molar-refractivity contribution is 7.85. The van der Waals surface area contributed by atoms with Crippen molar-refractivity contribution in [3.63, 3.8) is 0 Å². The van der Waals surface area contributed by atoms with Gasteiger partial charge in [0.1, 0.15) is 5.88 Å². The first kappa shape index (κ1) is 18.5. The Morgan fingerprint density at radius 3 is 2.45 bits per heavy atom. The fourth-order valence-electron chi connectivity index (χ4n) is 1.40. The summed E-state index contributed by atoms with van der Waals surface area (Å²) in [6, 6.07) is 0. The molecular formula is C7H16N6O8S. The Morgan fingerprint density at radius 1 is 1.36 bits per heavy atom. The van der Waals surface area contributed by atoms with Gasteiger partial charge in [-0.15, -0.1) is 0 Å². The second kappa shape index (κ2) is 7.61. The lowest BCUT2D eigenvalue weighted by atomic mass is 10.4. The summed E-state index contributed by atoms with van der Waals surface area (Å²) in [6.07, 6.45) is -5.43. The van der Waals surface area contributed by atoms with Crippen LogP contribution in [0.1, 0.15) is 0 Å². The lowest BCUT2D eigenvalue weighted by molar-refractivity contribution is -0.0518. The van der Waals surface area contributed by atoms with E-state index < -0.39 is 47.6 Å². The normalized spacial score (nSPS) is 21.3. The Labute approximate surface area is 124 Å². The Morgan fingerprint density at radius 2 is 2.00 bits per heavy atom. The summed E-state index contributed by atoms with van der Waals surface area (Å²) < 4.78 is 30.2. The zero-order chi connectivity index (χ0) is 16.9. The third-order valence-corrected chi connectivity index (χ3v) is 2.61. The van der Waals surface area contributed by atoms with Gasteiger partial charge in [0, 0.05) is 0 Å². The molecule has 14 nitrogen and oxygen atoms in total. The van der Waals surface area contributed by atoms with Crippen molar-refractivity contribution in [2.75, 3.05) is 12.5 Å². The predicted octanol–water partition coefficient (Wildman–Crippen LogP) is -5.60. The number of aliphatic imine (C=N–C) groups is 2. The Kier molecular flexibility index (Phi) is 6.38. The van der Waals surface area contributed by atoms with E-state index in [4.69, 9.17) is 25.0 Å². The molecule has 22 heavy (non-hydrogen) atoms. The maximum absolute atomic E-state index is 10.7. The minimum atomic E-state index is -4.43. The van der Waals surface area contributed by atoms with Crippen LogP contribution in [0.5, 0.6) is 0 Å². The molecular weight excluding hydrogens is 328 g/mol. The van der Waals surface area contributed by atoms with Gasteiger partial charge in [0.15, 0.2) is 6.17 Å². The number of rotatable bonds is 6. The first-order valence-electron chi connectivity index (χ1n) is 5.62. The van der Waals surface area contributed by atoms with E-state index in [0.717, 1.165) is 5.01 Å². The van der Waals surface area contributed by atoms with Crippen LogP contribution < -0.4 is 16.1 Å². The van der Waals surface area contributed by atoms with Gasteiger partial charge in [-0.05, 0) is 0 Å². The molecule has 0 saturated heterocycles. The maximum atomic E-state index is 10.7. The number of aliphatic hydroxyl groups excluding tert-OH is 3. The average Bonchev–Trinajstić information content (AvgIpc) is 2.34. The van der Waals surface area contributed by atoms with E-state index in [1.807, 2.05) is 5.32 Å². The van der Waals surface area contributed by atoms with Crippen LogP contribution in [-0.2, 0) is 10.1 Å². The number of hydrogen-bond acceptors (Lipinski definition) is 11. The molecule has 0 aliphatic carbocycles. The summed E-state index contributed by atoms with van der Waals surface area (Å²) in [7, 11) is -4.43. The molecule has 0 fully saturated rings. The van der Waals surface area contributed by atoms with Gasteiger partial charge in [-0.1, -0.05) is 0 Å². The smallest absolute Gasteiger partial charge is 0.279 e. The molecule has 1 rings (SSSR count). The van der Waals surface area contributed by atoms with Crippen LogP contribution in [0.4, 0.5) is 0 Å². The first-order chi connectivity index (χ1) is 10.1. The topological polar surface area (TPSA) is 220 Å². The maximum Gasteiger partial charge on any atom is 0.279 e. The van der Waals surface area contributed by atoms with E-state index in [1.165, 1.54) is 0 Å². The fraction of sp³-hybridized carbons (Fsp3) is 0.714. The molecule has 0 amide bonds. The molecule has 0 spiro atoms. The lowest BCUT2D eigenvalue weighted by Gasteiger charge is -2.35. The van der Waals surface area contributed by atoms with Crippen molar-refractivity contribution in [3.8, 4) is 0 Å². The predicted molar refractivity (Wildman–Crippen MR) is 69.9 cm³/mol. The highest BCUT2D eigenvalue weighted by Gasteiger charge is 2.29. The van der Waals surface area contributed by atoms with Gasteiger partial charge in [0.25, 0.3) is 16.5 Å². The van der Waals surface area contributed by atoms with Crippen LogP contribution in [-0.4, -0.2) is 86.9 Å². The molecule has 0 aromatic carbocycles. The quantitative estimate of drug-likeness (QED) is 0.163. The highest BCUT2D eigenvalue weighted by atomic mass is 32.2. The van der Waals surface area contributed by atoms with E-state index >= 15 is 0 Å². The molecule has 1 heterocycles. The molecule has 1 unspecified atom stereocenters. The first-order valence-corrected chi connectivity index (χ1v) is 7.23. The van der Waals surface area contributed by atoms with Crippen LogP contribution in [0.15, 0.2) is 9.98 Å². The van der Waals surface area contributed by atoms with Gasteiger partial charge in [0.2, 0.25) is 18.3 Å². The molecule has 1 aliphatic heterocycles. The van der Waals surface area contributed by atoms with E-state index in [-0.39, 0.29) is 5.96 Å². The van der Waals surface area contributed by atoms with E-state index in [9.17, 15) is 13.5 Å². The van der Waals surface area contributed by atoms with E-state index in [2.05, 4.69) is 20.7 Å². The highest BCUT2D eigenvalue weighted by Crippen LogP contribution is 2.05. The number of nitrogens with one attached hydrogen (secondary N) is 3. The lowest BCUT2D eigenvalue weighted by Crippen LogP contribution is -2.63. The Bertz CT molecular complexity index is 533. The summed E-state index contributed by atoms with van der Waals surface area (Å²) in [5.41, 5.74) is 2.15. The number of guanidine groups is 2. The van der Waals surface area contributed by atoms with Crippen LogP contribution in [0, 0.1) is 0 Å². The molecule has 0 aromatic rings. The average molecular weight is 344 g/mol. The summed E-state index contributed by atoms with van der Waals surface area (Å²) in [5.74, 6) is -1.69. The largest absolute Gasteiger partial charge is 0.392 e. The number of nitrogens with zero attached hydrogens (tertiary/aromatic N) is 3. The van der Waals surface area contributed by atoms with Gasteiger partial charge in [0.05, 0.1) is 6.61 Å². The van der Waals surface area contributed by atoms with Crippen molar-refractivity contribution in [3.05, 3.63) is 0 Å². The van der Waals surface area contributed by atoms with Gasteiger partial charge in [-0.3, -0.25) is 9.87 Å². The van der Waals surface area contributed by atoms with Crippen molar-refractivity contribution in [2.45, 2.75) is 19.0 Å². The molecule has 0 aromatic heterocycles. The van der Waals surface area contributed by atoms with Gasteiger partial charge < -0.3 is 30.8 Å². The summed E-state index contributed by atoms with van der Waals surface area (Å²) >= 11 is 0. The van der Waals surface area contributed by atoms with Crippen molar-refractivity contribution in [1.82, 2.24) is 21.1 Å². The zero-order valence-electron chi connectivity index (χ0n) is 10.9. The van der Waals surface area contributed by atoms with Crippen LogP contribution in [0.25, 0.3) is 0 Å². The van der Waals surface area contributed by atoms with Crippen molar-refractivity contribution in [1.29, 1.82) is 0 Å². The number of hydrogen-bond donors (Lipinski definition) is 9. The monoisotopic (exact) mass is 344 g/mol. The molecule has 1 atom stereocenters. The molecule has 9 N–H and O–H groups in total. The Balaban J connectivity index is 3.04. The molecule has 128 valence electrons. The fourth-order valence-corrected chi connectivity index (χ4v) is 1.70. The molecule has 15 heteroatoms. The van der Waals surface area contributed by atoms with E-state index in [0.29, 0.717) is 0 Å². The molecule has 0 bridgehead atoms. The third-order valence-electron chi connectivity index (χ3n) is 2.12. The summed E-state index contributed by atoms with van der Waals surface area (Å²) in [6.45, 7) is -0.687. The minimum absolute atomic E-state index is 0.293. The van der Waals surface area contributed by atoms with Crippen LogP contribution in [0.3, 0.4) is 0 Å². The SMILES string of the molecule is O=S(=O)(O)CNN1C(=NC(O)O)NC(NC(O)O)=NC1CO. The van der Waals surface area contributed by atoms with Crippen molar-refractivity contribution in [2.24, 2.45) is 9.98 Å². The summed E-state index contributed by atoms with van der Waals surface area (Å²) in [4.78, 5) is 7.03. The molecule has 0 saturated carbocycles. The van der Waals surface area contributed by atoms with Crippen molar-refractivity contribution >= 4 is 22.0 Å². The Hall–Kier alpha value is -1.59. The third kappa shape index (κ3) is 6.03.